The van der Waals surface area contributed by atoms with Crippen molar-refractivity contribution in [2.75, 3.05) is 0 Å². The molecule has 0 bridgehead atoms. The van der Waals surface area contributed by atoms with Crippen molar-refractivity contribution in [2.45, 2.75) is 139 Å². The van der Waals surface area contributed by atoms with Gasteiger partial charge in [0.15, 0.2) is 0 Å². The molecule has 0 amide bonds. The van der Waals surface area contributed by atoms with Gasteiger partial charge in [-0.2, -0.15) is 5.10 Å². The zero-order chi connectivity index (χ0) is 64.8. The molecule has 0 aliphatic rings. The predicted molar refractivity (Wildman–Crippen MR) is 392 cm³/mol. The van der Waals surface area contributed by atoms with Gasteiger partial charge in [0.05, 0.1) is 22.7 Å². The maximum Gasteiger partial charge on any atom is 0.0889 e. The second kappa shape index (κ2) is 31.3. The lowest BCUT2D eigenvalue weighted by Crippen LogP contribution is -1.97. The van der Waals surface area contributed by atoms with Gasteiger partial charge in [-0.1, -0.05) is 188 Å². The first-order valence-electron chi connectivity index (χ1n) is 32.4. The summed E-state index contributed by atoms with van der Waals surface area (Å²) in [7, 11) is 8.44. The van der Waals surface area contributed by atoms with Crippen molar-refractivity contribution in [3.8, 4) is 0 Å². The van der Waals surface area contributed by atoms with Crippen molar-refractivity contribution in [3.05, 3.63) is 245 Å². The Labute approximate surface area is 540 Å². The van der Waals surface area contributed by atoms with Crippen LogP contribution in [0, 0.1) is 5.92 Å². The largest absolute Gasteiger partial charge is 0.351 e. The fourth-order valence-corrected chi connectivity index (χ4v) is 12.4. The Balaban J connectivity index is 0.000000136. The molecule has 90 heavy (non-hydrogen) atoms. The zero-order valence-electron chi connectivity index (χ0n) is 56.9. The minimum atomic E-state index is 0.548. The lowest BCUT2D eigenvalue weighted by Gasteiger charge is -2.06. The molecule has 14 rings (SSSR count). The summed E-state index contributed by atoms with van der Waals surface area (Å²) in [5, 5.41) is 15.0. The first kappa shape index (κ1) is 67.4. The van der Waals surface area contributed by atoms with E-state index in [9.17, 15) is 0 Å². The van der Waals surface area contributed by atoms with E-state index in [-0.39, 0.29) is 0 Å². The van der Waals surface area contributed by atoms with Gasteiger partial charge >= 0.3 is 0 Å². The zero-order valence-corrected chi connectivity index (χ0v) is 57.7. The number of nitrogens with zero attached hydrogens (tertiary/aromatic N) is 7. The molecule has 0 saturated heterocycles. The number of benzene rings is 7. The van der Waals surface area contributed by atoms with E-state index >= 15 is 0 Å². The summed E-state index contributed by atoms with van der Waals surface area (Å²) < 4.78 is 10.2. The first-order chi connectivity index (χ1) is 43.1. The Morgan fingerprint density at radius 1 is 0.422 bits per heavy atom. The van der Waals surface area contributed by atoms with Crippen LogP contribution in [0.4, 0.5) is 0 Å². The summed E-state index contributed by atoms with van der Waals surface area (Å²) in [4.78, 5) is 9.96. The molecule has 14 aromatic rings. The quantitative estimate of drug-likeness (QED) is 0.165. The lowest BCUT2D eigenvalue weighted by atomic mass is 10.0. The maximum absolute atomic E-state index is 4.26. The molecule has 0 radical (unpaired) electrons. The Morgan fingerprint density at radius 3 is 1.59 bits per heavy atom. The highest BCUT2D eigenvalue weighted by molar-refractivity contribution is 7.19. The van der Waals surface area contributed by atoms with Crippen molar-refractivity contribution in [3.63, 3.8) is 0 Å². The van der Waals surface area contributed by atoms with Crippen LogP contribution >= 0.6 is 11.3 Å². The van der Waals surface area contributed by atoms with Crippen molar-refractivity contribution in [1.29, 1.82) is 0 Å². The molecule has 0 saturated carbocycles. The van der Waals surface area contributed by atoms with E-state index in [1.165, 1.54) is 104 Å². The fourth-order valence-electron chi connectivity index (χ4n) is 11.3. The lowest BCUT2D eigenvalue weighted by molar-refractivity contribution is 0.648. The summed E-state index contributed by atoms with van der Waals surface area (Å²) in [5.74, 6) is 4.33. The number of aromatic nitrogens is 8. The second-order valence-electron chi connectivity index (χ2n) is 26.2. The molecule has 0 aliphatic heterocycles. The molecule has 9 heteroatoms. The summed E-state index contributed by atoms with van der Waals surface area (Å²) in [6.07, 6.45) is 13.1. The number of hydrogen-bond donors (Lipinski definition) is 1. The van der Waals surface area contributed by atoms with Gasteiger partial charge in [-0.25, -0.2) is 0 Å². The van der Waals surface area contributed by atoms with Crippen LogP contribution in [-0.4, -0.2) is 38.4 Å². The SMILES string of the molecule is CC(C)Cc1cn(C)c2ccccc12.CC(C)c1cc2ccccc2n1C.CC(C)c1cc2ccccc2s1.CC(C)c1ccc2[nH]ncc2c1.CC(C)c1ccc2c(ccn2C)c1.CC(C)c1ccc2nccnc2c1.CC(C)c1cn(C)c2ccccc12. The van der Waals surface area contributed by atoms with E-state index in [2.05, 4.69) is 346 Å². The number of rotatable bonds is 8. The molecule has 7 heterocycles. The van der Waals surface area contributed by atoms with Crippen molar-refractivity contribution in [1.82, 2.24) is 38.4 Å². The molecular formula is C81H98N8S. The number of para-hydroxylation sites is 3. The highest BCUT2D eigenvalue weighted by Gasteiger charge is 2.11. The van der Waals surface area contributed by atoms with Crippen LogP contribution in [0.15, 0.2) is 207 Å². The predicted octanol–water partition coefficient (Wildman–Crippen LogP) is 22.7. The van der Waals surface area contributed by atoms with Gasteiger partial charge in [0.2, 0.25) is 0 Å². The van der Waals surface area contributed by atoms with Crippen LogP contribution < -0.4 is 0 Å². The molecule has 1 N–H and O–H groups in total. The van der Waals surface area contributed by atoms with E-state index in [0.29, 0.717) is 35.5 Å². The van der Waals surface area contributed by atoms with Gasteiger partial charge in [0.1, 0.15) is 0 Å². The number of aromatic amines is 1. The average Bonchev–Trinajstić information content (AvgIpc) is 2.02. The molecule has 0 spiro atoms. The van der Waals surface area contributed by atoms with Crippen LogP contribution in [0.1, 0.15) is 171 Å². The van der Waals surface area contributed by atoms with Crippen LogP contribution in [0.2, 0.25) is 0 Å². The van der Waals surface area contributed by atoms with E-state index in [4.69, 9.17) is 0 Å². The topological polar surface area (TPSA) is 74.2 Å². The number of hydrogen-bond acceptors (Lipinski definition) is 4. The van der Waals surface area contributed by atoms with E-state index < -0.39 is 0 Å². The van der Waals surface area contributed by atoms with Crippen molar-refractivity contribution < 1.29 is 0 Å². The smallest absolute Gasteiger partial charge is 0.0889 e. The highest BCUT2D eigenvalue weighted by Crippen LogP contribution is 2.31. The van der Waals surface area contributed by atoms with Crippen LogP contribution in [0.3, 0.4) is 0 Å². The molecule has 0 unspecified atom stereocenters. The highest BCUT2D eigenvalue weighted by atomic mass is 32.1. The minimum Gasteiger partial charge on any atom is -0.351 e. The standard InChI is InChI=1S/C13H17N.3C12H15N.C11H12N2.C11H12S.C10H12N2/c1-10(2)8-11-9-14(3)13-7-5-4-6-12(11)13;1-9(2)10-4-5-12-11(8-10)6-7-13(12)3;1-9(2)11-8-13(3)12-7-5-4-6-10(11)12;1-9(2)12-8-10-6-4-5-7-11(10)13(12)3;1-8(2)9-3-4-10-11(7-9)13-6-5-12-10;1-8(2)11-7-9-5-3-4-6-10(9)12-11;1-7(2)8-3-4-10-9(5-8)6-11-12-10/h4-7,9-10H,8H2,1-3H3;3*4-9H,1-3H3;3-8H,1-2H3;3-8H,1-2H3;3-7H,1-2H3,(H,11,12). The summed E-state index contributed by atoms with van der Waals surface area (Å²) in [5.41, 5.74) is 16.8. The first-order valence-corrected chi connectivity index (χ1v) is 33.2. The van der Waals surface area contributed by atoms with Gasteiger partial charge < -0.3 is 18.3 Å². The Morgan fingerprint density at radius 2 is 0.967 bits per heavy atom. The second-order valence-corrected chi connectivity index (χ2v) is 27.3. The Bertz CT molecular complexity index is 4480. The average molecular weight is 1220 g/mol. The molecule has 7 aromatic heterocycles. The van der Waals surface area contributed by atoms with E-state index in [0.717, 1.165) is 22.5 Å². The summed E-state index contributed by atoms with van der Waals surface area (Å²) in [6, 6.07) is 60.3. The molecule has 0 atom stereocenters. The molecule has 0 aliphatic carbocycles. The van der Waals surface area contributed by atoms with Crippen molar-refractivity contribution >= 4 is 87.0 Å². The number of thiophene rings is 1. The fraction of sp³-hybridized carbons (Fsp3) is 0.321. The van der Waals surface area contributed by atoms with Gasteiger partial charge in [-0.05, 0) is 171 Å². The third-order valence-corrected chi connectivity index (χ3v) is 18.0. The number of nitrogens with one attached hydrogen (secondary N) is 1. The maximum atomic E-state index is 4.26. The van der Waals surface area contributed by atoms with Crippen molar-refractivity contribution in [2.24, 2.45) is 34.1 Å². The molecule has 8 nitrogen and oxygen atoms in total. The van der Waals surface area contributed by atoms with Gasteiger partial charge in [-0.15, -0.1) is 11.3 Å². The number of aryl methyl sites for hydroxylation is 4. The molecular weight excluding hydrogens is 1120 g/mol. The molecule has 7 aromatic carbocycles. The van der Waals surface area contributed by atoms with Gasteiger partial charge in [-0.3, -0.25) is 15.1 Å². The summed E-state index contributed by atoms with van der Waals surface area (Å²) in [6.45, 7) is 31.1. The summed E-state index contributed by atoms with van der Waals surface area (Å²) >= 11 is 1.91. The normalized spacial score (nSPS) is 11.3. The van der Waals surface area contributed by atoms with Crippen LogP contribution in [0.5, 0.6) is 0 Å². The monoisotopic (exact) mass is 1210 g/mol. The molecule has 468 valence electrons. The van der Waals surface area contributed by atoms with Gasteiger partial charge in [0.25, 0.3) is 0 Å². The number of H-pyrrole nitrogens is 1. The third-order valence-electron chi connectivity index (χ3n) is 16.6. The van der Waals surface area contributed by atoms with E-state index in [1.54, 1.807) is 12.4 Å². The van der Waals surface area contributed by atoms with Crippen LogP contribution in [0.25, 0.3) is 75.6 Å². The minimum absolute atomic E-state index is 0.548. The number of fused-ring (bicyclic) bond motifs is 7. The van der Waals surface area contributed by atoms with Crippen LogP contribution in [-0.2, 0) is 34.6 Å². The third kappa shape index (κ3) is 17.2. The van der Waals surface area contributed by atoms with E-state index in [1.807, 2.05) is 23.6 Å². The Hall–Kier alpha value is -8.53. The van der Waals surface area contributed by atoms with Gasteiger partial charge in [0, 0.05) is 113 Å². The molecule has 0 fully saturated rings. The Kier molecular flexibility index (Phi) is 23.4.